The minimum atomic E-state index is -3.83. The largest absolute Gasteiger partial charge is 0.497 e. The zero-order valence-electron chi connectivity index (χ0n) is 17.2. The number of methoxy groups -OCH3 is 3. The number of hydrogen-bond acceptors (Lipinski definition) is 6. The van der Waals surface area contributed by atoms with Gasteiger partial charge in [-0.2, -0.15) is 0 Å². The number of ether oxygens (including phenoxy) is 3. The molecule has 0 fully saturated rings. The Labute approximate surface area is 180 Å². The lowest BCUT2D eigenvalue weighted by molar-refractivity contribution is 0.102. The van der Waals surface area contributed by atoms with Crippen LogP contribution in [0, 0.1) is 0 Å². The number of carbonyl (C=O) groups is 1. The lowest BCUT2D eigenvalue weighted by Crippen LogP contribution is -2.15. The molecule has 1 amide bonds. The third-order valence-electron chi connectivity index (χ3n) is 4.40. The monoisotopic (exact) mass is 442 g/mol. The Kier molecular flexibility index (Phi) is 6.66. The minimum Gasteiger partial charge on any atom is -0.497 e. The second kappa shape index (κ2) is 9.40. The maximum absolute atomic E-state index is 12.7. The van der Waals surface area contributed by atoms with E-state index in [0.717, 1.165) is 0 Å². The lowest BCUT2D eigenvalue weighted by Gasteiger charge is -2.13. The molecule has 0 atom stereocenters. The molecule has 0 heterocycles. The van der Waals surface area contributed by atoms with Gasteiger partial charge in [-0.3, -0.25) is 9.52 Å². The summed E-state index contributed by atoms with van der Waals surface area (Å²) in [6.07, 6.45) is 0. The third kappa shape index (κ3) is 5.26. The zero-order valence-corrected chi connectivity index (χ0v) is 18.0. The summed E-state index contributed by atoms with van der Waals surface area (Å²) in [5.41, 5.74) is 0.942. The van der Waals surface area contributed by atoms with E-state index in [0.29, 0.717) is 22.9 Å². The van der Waals surface area contributed by atoms with E-state index in [-0.39, 0.29) is 16.1 Å². The number of benzene rings is 3. The normalized spacial score (nSPS) is 10.8. The predicted molar refractivity (Wildman–Crippen MR) is 118 cm³/mol. The average molecular weight is 442 g/mol. The van der Waals surface area contributed by atoms with Crippen molar-refractivity contribution < 1.29 is 27.4 Å². The predicted octanol–water partition coefficient (Wildman–Crippen LogP) is 3.77. The molecule has 0 aromatic heterocycles. The van der Waals surface area contributed by atoms with Crippen LogP contribution in [0.15, 0.2) is 71.6 Å². The van der Waals surface area contributed by atoms with E-state index in [2.05, 4.69) is 10.0 Å². The highest BCUT2D eigenvalue weighted by Gasteiger charge is 2.16. The van der Waals surface area contributed by atoms with E-state index in [1.165, 1.54) is 39.5 Å². The first-order chi connectivity index (χ1) is 14.9. The van der Waals surface area contributed by atoms with Crippen LogP contribution in [0.4, 0.5) is 11.4 Å². The molecule has 0 spiro atoms. The van der Waals surface area contributed by atoms with Crippen molar-refractivity contribution in [3.63, 3.8) is 0 Å². The number of carbonyl (C=O) groups excluding carboxylic acids is 1. The van der Waals surface area contributed by atoms with Gasteiger partial charge in [-0.1, -0.05) is 6.07 Å². The van der Waals surface area contributed by atoms with Crippen LogP contribution in [-0.4, -0.2) is 35.7 Å². The maximum atomic E-state index is 12.7. The molecule has 0 radical (unpaired) electrons. The quantitative estimate of drug-likeness (QED) is 0.551. The first kappa shape index (κ1) is 22.0. The van der Waals surface area contributed by atoms with Gasteiger partial charge in [0.1, 0.15) is 17.2 Å². The molecular formula is C22H22N2O6S. The molecule has 0 unspecified atom stereocenters. The van der Waals surface area contributed by atoms with Crippen LogP contribution in [0.1, 0.15) is 10.4 Å². The van der Waals surface area contributed by atoms with Crippen molar-refractivity contribution in [1.82, 2.24) is 0 Å². The molecule has 3 aromatic rings. The summed E-state index contributed by atoms with van der Waals surface area (Å²) in [5, 5.41) is 2.75. The van der Waals surface area contributed by atoms with Gasteiger partial charge < -0.3 is 19.5 Å². The highest BCUT2D eigenvalue weighted by atomic mass is 32.2. The van der Waals surface area contributed by atoms with E-state index < -0.39 is 15.9 Å². The maximum Gasteiger partial charge on any atom is 0.261 e. The van der Waals surface area contributed by atoms with Crippen molar-refractivity contribution >= 4 is 27.3 Å². The number of amides is 1. The van der Waals surface area contributed by atoms with Crippen LogP contribution in [0.3, 0.4) is 0 Å². The molecule has 31 heavy (non-hydrogen) atoms. The number of rotatable bonds is 8. The van der Waals surface area contributed by atoms with Gasteiger partial charge in [-0.15, -0.1) is 0 Å². The molecule has 0 bridgehead atoms. The Hall–Kier alpha value is -3.72. The van der Waals surface area contributed by atoms with E-state index in [1.807, 2.05) is 0 Å². The lowest BCUT2D eigenvalue weighted by atomic mass is 10.2. The molecule has 0 aliphatic rings. The van der Waals surface area contributed by atoms with Gasteiger partial charge in [0.25, 0.3) is 15.9 Å². The van der Waals surface area contributed by atoms with Gasteiger partial charge in [0.05, 0.1) is 31.9 Å². The Morgan fingerprint density at radius 3 is 2.13 bits per heavy atom. The molecular weight excluding hydrogens is 420 g/mol. The van der Waals surface area contributed by atoms with Gasteiger partial charge in [0, 0.05) is 17.3 Å². The number of hydrogen-bond donors (Lipinski definition) is 2. The van der Waals surface area contributed by atoms with E-state index in [1.54, 1.807) is 48.5 Å². The molecule has 2 N–H and O–H groups in total. The standard InChI is InChI=1S/C22H22N2O6S/c1-28-17-7-10-19(11-8-17)31(26,27)24-16-6-4-5-15(13-16)22(25)23-20-14-18(29-2)9-12-21(20)30-3/h4-14,24H,1-3H3,(H,23,25). The summed E-state index contributed by atoms with van der Waals surface area (Å²) in [6.45, 7) is 0. The summed E-state index contributed by atoms with van der Waals surface area (Å²) in [4.78, 5) is 12.8. The van der Waals surface area contributed by atoms with Crippen molar-refractivity contribution in [1.29, 1.82) is 0 Å². The highest BCUT2D eigenvalue weighted by molar-refractivity contribution is 7.92. The van der Waals surface area contributed by atoms with Gasteiger partial charge in [-0.05, 0) is 54.6 Å². The van der Waals surface area contributed by atoms with Crippen LogP contribution in [0.5, 0.6) is 17.2 Å². The molecule has 0 aliphatic heterocycles. The van der Waals surface area contributed by atoms with Crippen LogP contribution in [0.2, 0.25) is 0 Å². The van der Waals surface area contributed by atoms with Gasteiger partial charge >= 0.3 is 0 Å². The van der Waals surface area contributed by atoms with Crippen LogP contribution in [-0.2, 0) is 10.0 Å². The SMILES string of the molecule is COc1ccc(S(=O)(=O)Nc2cccc(C(=O)Nc3cc(OC)ccc3OC)c2)cc1. The Bertz CT molecular complexity index is 1180. The molecule has 0 aliphatic carbocycles. The van der Waals surface area contributed by atoms with Crippen LogP contribution < -0.4 is 24.2 Å². The molecule has 0 saturated heterocycles. The Balaban J connectivity index is 1.80. The smallest absolute Gasteiger partial charge is 0.261 e. The minimum absolute atomic E-state index is 0.0734. The summed E-state index contributed by atoms with van der Waals surface area (Å²) in [7, 11) is 0.678. The van der Waals surface area contributed by atoms with Gasteiger partial charge in [0.2, 0.25) is 0 Å². The van der Waals surface area contributed by atoms with E-state index >= 15 is 0 Å². The van der Waals surface area contributed by atoms with Crippen LogP contribution >= 0.6 is 0 Å². The molecule has 9 heteroatoms. The fraction of sp³-hybridized carbons (Fsp3) is 0.136. The fourth-order valence-electron chi connectivity index (χ4n) is 2.80. The van der Waals surface area contributed by atoms with Gasteiger partial charge in [0.15, 0.2) is 0 Å². The molecule has 8 nitrogen and oxygen atoms in total. The van der Waals surface area contributed by atoms with Crippen molar-refractivity contribution in [2.45, 2.75) is 4.90 Å². The topological polar surface area (TPSA) is 103 Å². The van der Waals surface area contributed by atoms with E-state index in [9.17, 15) is 13.2 Å². The highest BCUT2D eigenvalue weighted by Crippen LogP contribution is 2.29. The zero-order chi connectivity index (χ0) is 22.4. The molecule has 3 rings (SSSR count). The molecule has 3 aromatic carbocycles. The average Bonchev–Trinajstić information content (AvgIpc) is 2.78. The van der Waals surface area contributed by atoms with Crippen molar-refractivity contribution in [3.05, 3.63) is 72.3 Å². The Morgan fingerprint density at radius 1 is 0.806 bits per heavy atom. The fourth-order valence-corrected chi connectivity index (χ4v) is 3.85. The molecule has 0 saturated carbocycles. The summed E-state index contributed by atoms with van der Waals surface area (Å²) < 4.78 is 43.3. The van der Waals surface area contributed by atoms with E-state index in [4.69, 9.17) is 14.2 Å². The third-order valence-corrected chi connectivity index (χ3v) is 5.80. The second-order valence-electron chi connectivity index (χ2n) is 6.38. The molecule has 162 valence electrons. The summed E-state index contributed by atoms with van der Waals surface area (Å²) in [5.74, 6) is 1.13. The number of sulfonamides is 1. The number of anilines is 2. The number of nitrogens with one attached hydrogen (secondary N) is 2. The summed E-state index contributed by atoms with van der Waals surface area (Å²) in [6, 6.07) is 17.2. The first-order valence-electron chi connectivity index (χ1n) is 9.16. The Morgan fingerprint density at radius 2 is 1.48 bits per heavy atom. The second-order valence-corrected chi connectivity index (χ2v) is 8.06. The van der Waals surface area contributed by atoms with Crippen molar-refractivity contribution in [2.75, 3.05) is 31.4 Å². The summed E-state index contributed by atoms with van der Waals surface area (Å²) >= 11 is 0. The van der Waals surface area contributed by atoms with Crippen molar-refractivity contribution in [2.24, 2.45) is 0 Å². The van der Waals surface area contributed by atoms with Gasteiger partial charge in [-0.25, -0.2) is 8.42 Å². The van der Waals surface area contributed by atoms with Crippen LogP contribution in [0.25, 0.3) is 0 Å². The van der Waals surface area contributed by atoms with Crippen molar-refractivity contribution in [3.8, 4) is 17.2 Å². The first-order valence-corrected chi connectivity index (χ1v) is 10.6.